The number of amides is 3. The molecule has 1 aliphatic carbocycles. The Labute approximate surface area is 285 Å². The smallest absolute Gasteiger partial charge is 0.410 e. The van der Waals surface area contributed by atoms with Crippen molar-refractivity contribution in [1.29, 1.82) is 5.26 Å². The minimum absolute atomic E-state index is 0.00297. The third-order valence-corrected chi connectivity index (χ3v) is 8.34. The maximum atomic E-state index is 15.0. The van der Waals surface area contributed by atoms with Crippen LogP contribution in [0.25, 0.3) is 0 Å². The number of benzene rings is 2. The maximum absolute atomic E-state index is 15.0. The van der Waals surface area contributed by atoms with Crippen molar-refractivity contribution in [2.45, 2.75) is 63.3 Å². The summed E-state index contributed by atoms with van der Waals surface area (Å²) < 4.78 is 62.8. The molecule has 2 aliphatic rings. The highest BCUT2D eigenvalue weighted by Crippen LogP contribution is 2.39. The number of carbonyl (C=O) groups is 3. The first-order chi connectivity index (χ1) is 23.0. The van der Waals surface area contributed by atoms with Gasteiger partial charge in [-0.1, -0.05) is 29.8 Å². The molecule has 0 bridgehead atoms. The van der Waals surface area contributed by atoms with Crippen LogP contribution in [0.3, 0.4) is 0 Å². The third kappa shape index (κ3) is 8.22. The zero-order chi connectivity index (χ0) is 35.7. The summed E-state index contributed by atoms with van der Waals surface area (Å²) in [5.41, 5.74) is -0.996. The molecule has 1 saturated heterocycles. The first kappa shape index (κ1) is 35.4. The van der Waals surface area contributed by atoms with Gasteiger partial charge in [0.25, 0.3) is 11.8 Å². The fourth-order valence-corrected chi connectivity index (χ4v) is 6.03. The van der Waals surface area contributed by atoms with Crippen LogP contribution in [0.4, 0.5) is 33.9 Å². The number of alkyl halides is 2. The summed E-state index contributed by atoms with van der Waals surface area (Å²) in [7, 11) is 0. The van der Waals surface area contributed by atoms with Crippen LogP contribution in [0.15, 0.2) is 60.8 Å². The summed E-state index contributed by atoms with van der Waals surface area (Å²) in [6.07, 6.45) is -0.653. The molecule has 2 fully saturated rings. The second-order valence-electron chi connectivity index (χ2n) is 12.9. The van der Waals surface area contributed by atoms with Gasteiger partial charge < -0.3 is 19.9 Å². The predicted molar refractivity (Wildman–Crippen MR) is 172 cm³/mol. The van der Waals surface area contributed by atoms with Crippen molar-refractivity contribution < 1.29 is 36.7 Å². The predicted octanol–water partition coefficient (Wildman–Crippen LogP) is 6.00. The fourth-order valence-electron chi connectivity index (χ4n) is 5.79. The number of pyridine rings is 1. The van der Waals surface area contributed by atoms with E-state index in [1.54, 1.807) is 26.8 Å². The Morgan fingerprint density at radius 1 is 1.08 bits per heavy atom. The Morgan fingerprint density at radius 3 is 2.37 bits per heavy atom. The number of halogens is 5. The Bertz CT molecular complexity index is 1770. The largest absolute Gasteiger partial charge is 0.444 e. The second kappa shape index (κ2) is 13.9. The Kier molecular flexibility index (Phi) is 10.1. The molecule has 1 aliphatic heterocycles. The van der Waals surface area contributed by atoms with Crippen LogP contribution in [0, 0.1) is 23.0 Å². The van der Waals surface area contributed by atoms with Crippen LogP contribution in [0.5, 0.6) is 0 Å². The first-order valence-electron chi connectivity index (χ1n) is 15.4. The van der Waals surface area contributed by atoms with Crippen LogP contribution in [0.2, 0.25) is 5.02 Å². The monoisotopic (exact) mass is 700 g/mol. The van der Waals surface area contributed by atoms with E-state index in [4.69, 9.17) is 16.3 Å². The van der Waals surface area contributed by atoms with Crippen molar-refractivity contribution in [1.82, 2.24) is 15.2 Å². The number of aromatic nitrogens is 1. The van der Waals surface area contributed by atoms with Crippen molar-refractivity contribution in [2.24, 2.45) is 0 Å². The van der Waals surface area contributed by atoms with Crippen LogP contribution >= 0.6 is 11.6 Å². The van der Waals surface area contributed by atoms with E-state index in [0.717, 1.165) is 17.0 Å². The van der Waals surface area contributed by atoms with E-state index in [-0.39, 0.29) is 47.3 Å². The maximum Gasteiger partial charge on any atom is 0.410 e. The molecular formula is C34H33ClF4N6O4. The van der Waals surface area contributed by atoms with Gasteiger partial charge in [0.1, 0.15) is 35.1 Å². The molecule has 2 heterocycles. The van der Waals surface area contributed by atoms with Gasteiger partial charge in [0, 0.05) is 54.8 Å². The number of nitriles is 1. The average molecular weight is 701 g/mol. The topological polar surface area (TPSA) is 119 Å². The van der Waals surface area contributed by atoms with Gasteiger partial charge in [0.05, 0.1) is 23.9 Å². The highest BCUT2D eigenvalue weighted by Gasteiger charge is 2.48. The zero-order valence-electron chi connectivity index (χ0n) is 26.8. The number of carbonyl (C=O) groups excluding carboxylic acids is 3. The fraction of sp³-hybridized carbons (Fsp3) is 0.382. The molecule has 2 atom stereocenters. The summed E-state index contributed by atoms with van der Waals surface area (Å²) in [5.74, 6) is -6.78. The van der Waals surface area contributed by atoms with Crippen molar-refractivity contribution in [3.63, 3.8) is 0 Å². The SMILES string of the molecule is CC(C)(C)OC(=O)N1CCN(c2cc(C#N)ccn2)[C@H](C(=O)N(c2cc(F)cc(F)c2)[C@H](C(=O)NC2CC(F)(F)C2)c2ccccc2Cl)C1. The molecule has 5 rings (SSSR count). The minimum atomic E-state index is -2.99. The number of rotatable bonds is 7. The number of hydrogen-bond acceptors (Lipinski definition) is 7. The molecule has 0 spiro atoms. The Hall–Kier alpha value is -4.90. The van der Waals surface area contributed by atoms with Gasteiger partial charge in [0.2, 0.25) is 5.91 Å². The zero-order valence-corrected chi connectivity index (χ0v) is 27.6. The number of piperazine rings is 1. The molecule has 1 saturated carbocycles. The van der Waals surface area contributed by atoms with Gasteiger partial charge in [-0.15, -0.1) is 0 Å². The molecule has 10 nitrogen and oxygen atoms in total. The number of nitrogens with one attached hydrogen (secondary N) is 1. The van der Waals surface area contributed by atoms with Gasteiger partial charge in [-0.25, -0.2) is 27.3 Å². The molecule has 3 aromatic rings. The van der Waals surface area contributed by atoms with E-state index in [0.29, 0.717) is 6.07 Å². The number of ether oxygens (including phenoxy) is 1. The number of hydrogen-bond donors (Lipinski definition) is 1. The van der Waals surface area contributed by atoms with Crippen LogP contribution in [-0.4, -0.2) is 71.0 Å². The van der Waals surface area contributed by atoms with Crippen LogP contribution in [-0.2, 0) is 14.3 Å². The van der Waals surface area contributed by atoms with Gasteiger partial charge >= 0.3 is 6.09 Å². The molecule has 0 unspecified atom stereocenters. The van der Waals surface area contributed by atoms with E-state index in [1.165, 1.54) is 46.3 Å². The summed E-state index contributed by atoms with van der Waals surface area (Å²) in [5, 5.41) is 12.1. The lowest BCUT2D eigenvalue weighted by atomic mass is 9.87. The van der Waals surface area contributed by atoms with Gasteiger partial charge in [0.15, 0.2) is 0 Å². The first-order valence-corrected chi connectivity index (χ1v) is 15.8. The molecular weight excluding hydrogens is 668 g/mol. The lowest BCUT2D eigenvalue weighted by Gasteiger charge is -2.44. The Morgan fingerprint density at radius 2 is 1.76 bits per heavy atom. The molecule has 1 N–H and O–H groups in total. The van der Waals surface area contributed by atoms with Crippen molar-refractivity contribution >= 4 is 41.0 Å². The van der Waals surface area contributed by atoms with Crippen molar-refractivity contribution in [2.75, 3.05) is 29.4 Å². The van der Waals surface area contributed by atoms with Crippen molar-refractivity contribution in [3.05, 3.63) is 88.6 Å². The molecule has 49 heavy (non-hydrogen) atoms. The van der Waals surface area contributed by atoms with Crippen LogP contribution in [0.1, 0.15) is 50.8 Å². The summed E-state index contributed by atoms with van der Waals surface area (Å²) in [6, 6.07) is 9.14. The van der Waals surface area contributed by atoms with E-state index in [2.05, 4.69) is 10.3 Å². The quantitative estimate of drug-likeness (QED) is 0.301. The van der Waals surface area contributed by atoms with E-state index in [1.807, 2.05) is 6.07 Å². The standard InChI is InChI=1S/C34H33ClF4N6O4/c1-33(2,3)49-32(48)43-10-11-44(28-12-20(18-40)8-9-41-28)27(19-43)31(47)45(24-14-21(36)13-22(37)15-24)29(25-6-4-5-7-26(25)35)30(46)42-23-16-34(38,39)17-23/h4-9,12-15,23,27,29H,10-11,16-17,19H2,1-3H3,(H,42,46)/t27-,29-/m0/s1. The van der Waals surface area contributed by atoms with Gasteiger partial charge in [-0.2, -0.15) is 5.26 Å². The van der Waals surface area contributed by atoms with Crippen molar-refractivity contribution in [3.8, 4) is 6.07 Å². The Balaban J connectivity index is 1.65. The highest BCUT2D eigenvalue weighted by atomic mass is 35.5. The molecule has 3 amide bonds. The van der Waals surface area contributed by atoms with E-state index >= 15 is 4.79 Å². The summed E-state index contributed by atoms with van der Waals surface area (Å²) in [6.45, 7) is 4.76. The van der Waals surface area contributed by atoms with Crippen LogP contribution < -0.4 is 15.1 Å². The molecule has 2 aromatic carbocycles. The lowest BCUT2D eigenvalue weighted by molar-refractivity contribution is -0.133. The molecule has 15 heteroatoms. The normalized spacial score (nSPS) is 18.1. The summed E-state index contributed by atoms with van der Waals surface area (Å²) >= 11 is 6.55. The molecule has 0 radical (unpaired) electrons. The summed E-state index contributed by atoms with van der Waals surface area (Å²) in [4.78, 5) is 50.4. The van der Waals surface area contributed by atoms with E-state index in [9.17, 15) is 32.4 Å². The highest BCUT2D eigenvalue weighted by molar-refractivity contribution is 6.31. The number of nitrogens with zero attached hydrogens (tertiary/aromatic N) is 5. The third-order valence-electron chi connectivity index (χ3n) is 7.99. The lowest BCUT2D eigenvalue weighted by Crippen LogP contribution is -2.63. The number of anilines is 2. The van der Waals surface area contributed by atoms with Gasteiger partial charge in [-0.3, -0.25) is 14.5 Å². The van der Waals surface area contributed by atoms with Gasteiger partial charge in [-0.05, 0) is 51.1 Å². The second-order valence-corrected chi connectivity index (χ2v) is 13.3. The molecule has 258 valence electrons. The van der Waals surface area contributed by atoms with E-state index < -0.39 is 72.0 Å². The minimum Gasteiger partial charge on any atom is -0.444 e. The molecule has 1 aromatic heterocycles. The average Bonchev–Trinajstić information content (AvgIpc) is 3.01.